The second kappa shape index (κ2) is 5.94. The molecule has 4 rings (SSSR count). The zero-order valence-electron chi connectivity index (χ0n) is 13.4. The quantitative estimate of drug-likeness (QED) is 0.587. The van der Waals surface area contributed by atoms with Crippen molar-refractivity contribution in [2.24, 2.45) is 0 Å². The molecule has 0 fully saturated rings. The summed E-state index contributed by atoms with van der Waals surface area (Å²) in [7, 11) is 0. The predicted molar refractivity (Wildman–Crippen MR) is 94.6 cm³/mol. The van der Waals surface area contributed by atoms with Crippen LogP contribution in [0.3, 0.4) is 0 Å². The standard InChI is InChI=1S/C20H14FN3O/c1-12-6-8-17(20-22-11-13-4-2-3-5-16(13)24-20)23-19(12)15-10-14(21)7-9-18(15)25/h2-11,25H,1H3. The number of fused-ring (bicyclic) bond motifs is 1. The maximum atomic E-state index is 13.6. The zero-order valence-corrected chi connectivity index (χ0v) is 13.4. The van der Waals surface area contributed by atoms with Crippen LogP contribution in [0.25, 0.3) is 33.7 Å². The van der Waals surface area contributed by atoms with Crippen LogP contribution in [0.5, 0.6) is 5.75 Å². The van der Waals surface area contributed by atoms with Gasteiger partial charge in [-0.3, -0.25) is 0 Å². The van der Waals surface area contributed by atoms with Gasteiger partial charge in [-0.2, -0.15) is 0 Å². The molecule has 122 valence electrons. The Labute approximate surface area is 143 Å². The Bertz CT molecular complexity index is 1100. The molecule has 0 saturated heterocycles. The molecule has 2 heterocycles. The number of benzene rings is 2. The van der Waals surface area contributed by atoms with Crippen molar-refractivity contribution in [3.05, 3.63) is 72.2 Å². The van der Waals surface area contributed by atoms with Crippen molar-refractivity contribution in [1.29, 1.82) is 0 Å². The molecular formula is C20H14FN3O. The van der Waals surface area contributed by atoms with Crippen molar-refractivity contribution in [1.82, 2.24) is 15.0 Å². The molecule has 25 heavy (non-hydrogen) atoms. The van der Waals surface area contributed by atoms with Gasteiger partial charge in [-0.15, -0.1) is 0 Å². The fourth-order valence-electron chi connectivity index (χ4n) is 2.72. The van der Waals surface area contributed by atoms with Gasteiger partial charge < -0.3 is 5.11 Å². The van der Waals surface area contributed by atoms with Gasteiger partial charge in [-0.05, 0) is 42.8 Å². The minimum absolute atomic E-state index is 0.0198. The van der Waals surface area contributed by atoms with E-state index in [9.17, 15) is 9.50 Å². The average molecular weight is 331 g/mol. The monoisotopic (exact) mass is 331 g/mol. The topological polar surface area (TPSA) is 58.9 Å². The molecule has 0 aliphatic rings. The van der Waals surface area contributed by atoms with Crippen LogP contribution in [0, 0.1) is 12.7 Å². The van der Waals surface area contributed by atoms with Crippen molar-refractivity contribution < 1.29 is 9.50 Å². The number of hydrogen-bond donors (Lipinski definition) is 1. The van der Waals surface area contributed by atoms with Crippen molar-refractivity contribution >= 4 is 10.9 Å². The fraction of sp³-hybridized carbons (Fsp3) is 0.0500. The third-order valence-corrected chi connectivity index (χ3v) is 4.03. The summed E-state index contributed by atoms with van der Waals surface area (Å²) < 4.78 is 13.6. The number of aromatic nitrogens is 3. The first kappa shape index (κ1) is 15.2. The highest BCUT2D eigenvalue weighted by Gasteiger charge is 2.13. The number of aromatic hydroxyl groups is 1. The minimum atomic E-state index is -0.429. The van der Waals surface area contributed by atoms with Crippen molar-refractivity contribution in [2.75, 3.05) is 0 Å². The van der Waals surface area contributed by atoms with E-state index in [2.05, 4.69) is 15.0 Å². The maximum Gasteiger partial charge on any atom is 0.178 e. The Morgan fingerprint density at radius 2 is 1.80 bits per heavy atom. The minimum Gasteiger partial charge on any atom is -0.507 e. The highest BCUT2D eigenvalue weighted by molar-refractivity contribution is 5.79. The summed E-state index contributed by atoms with van der Waals surface area (Å²) in [6.07, 6.45) is 1.75. The van der Waals surface area contributed by atoms with Crippen molar-refractivity contribution in [2.45, 2.75) is 6.92 Å². The Morgan fingerprint density at radius 3 is 2.68 bits per heavy atom. The second-order valence-electron chi connectivity index (χ2n) is 5.78. The lowest BCUT2D eigenvalue weighted by Crippen LogP contribution is -1.96. The van der Waals surface area contributed by atoms with E-state index < -0.39 is 5.82 Å². The second-order valence-corrected chi connectivity index (χ2v) is 5.78. The van der Waals surface area contributed by atoms with Crippen LogP contribution in [0.4, 0.5) is 4.39 Å². The van der Waals surface area contributed by atoms with Gasteiger partial charge in [-0.1, -0.05) is 24.3 Å². The van der Waals surface area contributed by atoms with Gasteiger partial charge in [0, 0.05) is 17.1 Å². The number of aryl methyl sites for hydroxylation is 1. The maximum absolute atomic E-state index is 13.6. The lowest BCUT2D eigenvalue weighted by atomic mass is 10.0. The van der Waals surface area contributed by atoms with E-state index in [0.29, 0.717) is 22.8 Å². The first-order valence-electron chi connectivity index (χ1n) is 7.80. The normalized spacial score (nSPS) is 11.0. The average Bonchev–Trinajstić information content (AvgIpc) is 2.64. The molecule has 0 aliphatic carbocycles. The number of para-hydroxylation sites is 1. The van der Waals surface area contributed by atoms with Crippen molar-refractivity contribution in [3.63, 3.8) is 0 Å². The van der Waals surface area contributed by atoms with Gasteiger partial charge >= 0.3 is 0 Å². The van der Waals surface area contributed by atoms with Crippen molar-refractivity contribution in [3.8, 4) is 28.5 Å². The molecule has 0 radical (unpaired) electrons. The Hall–Kier alpha value is -3.34. The van der Waals surface area contributed by atoms with Gasteiger partial charge in [0.15, 0.2) is 5.82 Å². The van der Waals surface area contributed by atoms with Crippen LogP contribution in [0.15, 0.2) is 60.8 Å². The van der Waals surface area contributed by atoms with Crippen LogP contribution in [0.1, 0.15) is 5.56 Å². The zero-order chi connectivity index (χ0) is 17.4. The number of pyridine rings is 1. The molecular weight excluding hydrogens is 317 g/mol. The van der Waals surface area contributed by atoms with Gasteiger partial charge in [0.25, 0.3) is 0 Å². The molecule has 2 aromatic carbocycles. The molecule has 1 N–H and O–H groups in total. The number of phenols is 1. The number of hydrogen-bond acceptors (Lipinski definition) is 4. The summed E-state index contributed by atoms with van der Waals surface area (Å²) >= 11 is 0. The summed E-state index contributed by atoms with van der Waals surface area (Å²) in [4.78, 5) is 13.5. The summed E-state index contributed by atoms with van der Waals surface area (Å²) in [5.41, 5.74) is 3.07. The Kier molecular flexibility index (Phi) is 3.61. The molecule has 0 spiro atoms. The third-order valence-electron chi connectivity index (χ3n) is 4.03. The lowest BCUT2D eigenvalue weighted by molar-refractivity contribution is 0.475. The van der Waals surface area contributed by atoms with E-state index in [1.807, 2.05) is 43.3 Å². The molecule has 0 saturated carbocycles. The molecule has 0 bridgehead atoms. The summed E-state index contributed by atoms with van der Waals surface area (Å²) in [5.74, 6) is 0.0331. The number of halogens is 1. The van der Waals surface area contributed by atoms with E-state index in [1.54, 1.807) is 6.20 Å². The molecule has 0 aliphatic heterocycles. The highest BCUT2D eigenvalue weighted by Crippen LogP contribution is 2.32. The third kappa shape index (κ3) is 2.80. The molecule has 2 aromatic heterocycles. The molecule has 0 atom stereocenters. The molecule has 4 nitrogen and oxygen atoms in total. The van der Waals surface area contributed by atoms with Crippen LogP contribution < -0.4 is 0 Å². The van der Waals surface area contributed by atoms with Crippen LogP contribution >= 0.6 is 0 Å². The van der Waals surface area contributed by atoms with E-state index in [4.69, 9.17) is 0 Å². The van der Waals surface area contributed by atoms with Crippen LogP contribution in [-0.2, 0) is 0 Å². The first-order chi connectivity index (χ1) is 12.1. The molecule has 4 aromatic rings. The van der Waals surface area contributed by atoms with Gasteiger partial charge in [0.2, 0.25) is 0 Å². The predicted octanol–water partition coefficient (Wildman–Crippen LogP) is 4.51. The largest absolute Gasteiger partial charge is 0.507 e. The number of nitrogens with zero attached hydrogens (tertiary/aromatic N) is 3. The van der Waals surface area contributed by atoms with E-state index in [0.717, 1.165) is 16.5 Å². The van der Waals surface area contributed by atoms with Crippen LogP contribution in [-0.4, -0.2) is 20.1 Å². The van der Waals surface area contributed by atoms with E-state index >= 15 is 0 Å². The Balaban J connectivity index is 1.87. The lowest BCUT2D eigenvalue weighted by Gasteiger charge is -2.10. The highest BCUT2D eigenvalue weighted by atomic mass is 19.1. The summed E-state index contributed by atoms with van der Waals surface area (Å²) in [6.45, 7) is 1.86. The van der Waals surface area contributed by atoms with Crippen LogP contribution in [0.2, 0.25) is 0 Å². The number of phenolic OH excluding ortho intramolecular Hbond substituents is 1. The SMILES string of the molecule is Cc1ccc(-c2ncc3ccccc3n2)nc1-c1cc(F)ccc1O. The summed E-state index contributed by atoms with van der Waals surface area (Å²) in [5, 5.41) is 11.0. The Morgan fingerprint density at radius 1 is 0.960 bits per heavy atom. The van der Waals surface area contributed by atoms with Gasteiger partial charge in [0.1, 0.15) is 17.3 Å². The molecule has 5 heteroatoms. The molecule has 0 unspecified atom stereocenters. The van der Waals surface area contributed by atoms with Gasteiger partial charge in [0.05, 0.1) is 11.2 Å². The van der Waals surface area contributed by atoms with E-state index in [-0.39, 0.29) is 5.75 Å². The number of rotatable bonds is 2. The summed E-state index contributed by atoms with van der Waals surface area (Å²) in [6, 6.07) is 15.2. The first-order valence-corrected chi connectivity index (χ1v) is 7.80. The van der Waals surface area contributed by atoms with E-state index in [1.165, 1.54) is 18.2 Å². The van der Waals surface area contributed by atoms with Gasteiger partial charge in [-0.25, -0.2) is 19.3 Å². The molecule has 0 amide bonds. The smallest absolute Gasteiger partial charge is 0.178 e. The fourth-order valence-corrected chi connectivity index (χ4v) is 2.72.